The van der Waals surface area contributed by atoms with E-state index in [1.807, 2.05) is 44.2 Å². The fourth-order valence-corrected chi connectivity index (χ4v) is 3.24. The van der Waals surface area contributed by atoms with E-state index in [0.29, 0.717) is 6.61 Å². The van der Waals surface area contributed by atoms with E-state index in [-0.39, 0.29) is 5.78 Å². The molecule has 0 aliphatic heterocycles. The lowest BCUT2D eigenvalue weighted by molar-refractivity contribution is 0.104. The summed E-state index contributed by atoms with van der Waals surface area (Å²) in [7, 11) is 3.28. The molecule has 0 unspecified atom stereocenters. The molecular weight excluding hydrogens is 296 g/mol. The van der Waals surface area contributed by atoms with Gasteiger partial charge in [0.1, 0.15) is 5.75 Å². The van der Waals surface area contributed by atoms with Gasteiger partial charge in [0.2, 0.25) is 0 Å². The summed E-state index contributed by atoms with van der Waals surface area (Å²) in [5, 5.41) is 0. The third-order valence-electron chi connectivity index (χ3n) is 3.34. The molecule has 0 aliphatic carbocycles. The number of carbonyl (C=O) groups excluding carboxylic acids is 1. The number of aryl methyl sites for hydroxylation is 2. The molecule has 0 aliphatic rings. The minimum Gasteiger partial charge on any atom is -0.496 e. The summed E-state index contributed by atoms with van der Waals surface area (Å²) in [6, 6.07) is 7.72. The zero-order valence-electron chi connectivity index (χ0n) is 13.3. The predicted octanol–water partition coefficient (Wildman–Crippen LogP) is 4.42. The van der Waals surface area contributed by atoms with Crippen LogP contribution in [0.15, 0.2) is 30.3 Å². The number of allylic oxidation sites excluding steroid dienone is 1. The third kappa shape index (κ3) is 3.84. The van der Waals surface area contributed by atoms with Crippen LogP contribution in [-0.4, -0.2) is 20.0 Å². The zero-order chi connectivity index (χ0) is 16.1. The zero-order valence-corrected chi connectivity index (χ0v) is 14.1. The Morgan fingerprint density at radius 2 is 2.00 bits per heavy atom. The molecule has 0 saturated heterocycles. The van der Waals surface area contributed by atoms with E-state index in [1.54, 1.807) is 31.6 Å². The summed E-state index contributed by atoms with van der Waals surface area (Å²) >= 11 is 1.65. The Morgan fingerprint density at radius 1 is 1.23 bits per heavy atom. The van der Waals surface area contributed by atoms with E-state index >= 15 is 0 Å². The van der Waals surface area contributed by atoms with Gasteiger partial charge in [-0.1, -0.05) is 12.1 Å². The molecule has 1 heterocycles. The van der Waals surface area contributed by atoms with Gasteiger partial charge in [0.05, 0.1) is 13.7 Å². The Kier molecular flexibility index (Phi) is 5.52. The number of rotatable bonds is 6. The minimum atomic E-state index is 0.0333. The first-order chi connectivity index (χ1) is 10.5. The smallest absolute Gasteiger partial charge is 0.186 e. The van der Waals surface area contributed by atoms with Gasteiger partial charge >= 0.3 is 0 Å². The highest BCUT2D eigenvalue weighted by molar-refractivity contribution is 7.12. The van der Waals surface area contributed by atoms with Gasteiger partial charge in [0, 0.05) is 28.0 Å². The van der Waals surface area contributed by atoms with Crippen molar-refractivity contribution in [3.8, 4) is 5.75 Å². The van der Waals surface area contributed by atoms with Gasteiger partial charge in [0.25, 0.3) is 0 Å². The quantitative estimate of drug-likeness (QED) is 0.585. The molecule has 0 atom stereocenters. The van der Waals surface area contributed by atoms with Crippen LogP contribution >= 0.6 is 11.3 Å². The van der Waals surface area contributed by atoms with Crippen LogP contribution in [0.5, 0.6) is 5.75 Å². The van der Waals surface area contributed by atoms with Crippen LogP contribution in [0.4, 0.5) is 0 Å². The molecule has 2 aromatic rings. The van der Waals surface area contributed by atoms with Gasteiger partial charge in [-0.05, 0) is 43.7 Å². The second kappa shape index (κ2) is 7.38. The normalized spacial score (nSPS) is 11.1. The Bertz CT molecular complexity index is 698. The Morgan fingerprint density at radius 3 is 2.59 bits per heavy atom. The molecule has 0 bridgehead atoms. The van der Waals surface area contributed by atoms with E-state index in [9.17, 15) is 4.79 Å². The maximum absolute atomic E-state index is 12.3. The highest BCUT2D eigenvalue weighted by Crippen LogP contribution is 2.23. The molecule has 0 radical (unpaired) electrons. The maximum Gasteiger partial charge on any atom is 0.186 e. The molecule has 0 N–H and O–H groups in total. The number of ether oxygens (including phenoxy) is 2. The standard InChI is InChI=1S/C18H20O3S/c1-12-9-16(13(2)22-12)17(19)7-5-14-6-8-18(21-4)15(10-14)11-20-3/h5-10H,11H2,1-4H3/b7-5+. The molecule has 0 amide bonds. The van der Waals surface area contributed by atoms with E-state index < -0.39 is 0 Å². The molecule has 0 spiro atoms. The average Bonchev–Trinajstić information content (AvgIpc) is 2.84. The number of hydrogen-bond donors (Lipinski definition) is 0. The van der Waals surface area contributed by atoms with Crippen molar-refractivity contribution in [1.82, 2.24) is 0 Å². The van der Waals surface area contributed by atoms with Gasteiger partial charge in [-0.3, -0.25) is 4.79 Å². The van der Waals surface area contributed by atoms with Crippen LogP contribution in [0.1, 0.15) is 31.2 Å². The second-order valence-electron chi connectivity index (χ2n) is 5.03. The van der Waals surface area contributed by atoms with Crippen molar-refractivity contribution in [2.75, 3.05) is 14.2 Å². The van der Waals surface area contributed by atoms with Crippen molar-refractivity contribution in [3.05, 3.63) is 56.8 Å². The van der Waals surface area contributed by atoms with Crippen molar-refractivity contribution in [2.24, 2.45) is 0 Å². The van der Waals surface area contributed by atoms with E-state index in [1.165, 1.54) is 0 Å². The first kappa shape index (κ1) is 16.5. The largest absolute Gasteiger partial charge is 0.496 e. The molecule has 1 aromatic carbocycles. The van der Waals surface area contributed by atoms with E-state index in [0.717, 1.165) is 32.2 Å². The van der Waals surface area contributed by atoms with Crippen molar-refractivity contribution in [1.29, 1.82) is 0 Å². The van der Waals surface area contributed by atoms with Gasteiger partial charge < -0.3 is 9.47 Å². The van der Waals surface area contributed by atoms with E-state index in [2.05, 4.69) is 0 Å². The molecule has 4 heteroatoms. The van der Waals surface area contributed by atoms with Crippen LogP contribution in [0.2, 0.25) is 0 Å². The lowest BCUT2D eigenvalue weighted by atomic mass is 10.1. The number of ketones is 1. The summed E-state index contributed by atoms with van der Waals surface area (Å²) in [6.07, 6.45) is 3.44. The number of benzene rings is 1. The summed E-state index contributed by atoms with van der Waals surface area (Å²) < 4.78 is 10.5. The SMILES string of the molecule is COCc1cc(/C=C/C(=O)c2cc(C)sc2C)ccc1OC. The van der Waals surface area contributed by atoms with E-state index in [4.69, 9.17) is 9.47 Å². The lowest BCUT2D eigenvalue weighted by Crippen LogP contribution is -1.95. The molecule has 22 heavy (non-hydrogen) atoms. The first-order valence-electron chi connectivity index (χ1n) is 7.00. The monoisotopic (exact) mass is 316 g/mol. The van der Waals surface area contributed by atoms with Gasteiger partial charge in [0.15, 0.2) is 5.78 Å². The minimum absolute atomic E-state index is 0.0333. The van der Waals surface area contributed by atoms with Gasteiger partial charge in [-0.2, -0.15) is 0 Å². The molecule has 3 nitrogen and oxygen atoms in total. The molecule has 0 saturated carbocycles. The van der Waals surface area contributed by atoms with Crippen LogP contribution in [0, 0.1) is 13.8 Å². The summed E-state index contributed by atoms with van der Waals surface area (Å²) in [4.78, 5) is 14.5. The number of hydrogen-bond acceptors (Lipinski definition) is 4. The Labute approximate surface area is 135 Å². The van der Waals surface area contributed by atoms with Crippen molar-refractivity contribution >= 4 is 23.2 Å². The molecule has 0 fully saturated rings. The fraction of sp³-hybridized carbons (Fsp3) is 0.278. The van der Waals surface area contributed by atoms with Crippen LogP contribution in [0.25, 0.3) is 6.08 Å². The second-order valence-corrected chi connectivity index (χ2v) is 6.49. The van der Waals surface area contributed by atoms with Crippen molar-refractivity contribution in [3.63, 3.8) is 0 Å². The molecule has 1 aromatic heterocycles. The van der Waals surface area contributed by atoms with Crippen molar-refractivity contribution in [2.45, 2.75) is 20.5 Å². The average molecular weight is 316 g/mol. The highest BCUT2D eigenvalue weighted by atomic mass is 32.1. The third-order valence-corrected chi connectivity index (χ3v) is 4.30. The first-order valence-corrected chi connectivity index (χ1v) is 7.82. The highest BCUT2D eigenvalue weighted by Gasteiger charge is 2.09. The van der Waals surface area contributed by atoms with Gasteiger partial charge in [-0.15, -0.1) is 11.3 Å². The Hall–Kier alpha value is -1.91. The molecule has 116 valence electrons. The van der Waals surface area contributed by atoms with Crippen molar-refractivity contribution < 1.29 is 14.3 Å². The maximum atomic E-state index is 12.3. The predicted molar refractivity (Wildman–Crippen MR) is 90.9 cm³/mol. The van der Waals surface area contributed by atoms with Gasteiger partial charge in [-0.25, -0.2) is 0 Å². The summed E-state index contributed by atoms with van der Waals surface area (Å²) in [5.74, 6) is 0.820. The molecule has 2 rings (SSSR count). The van der Waals surface area contributed by atoms with Crippen LogP contribution < -0.4 is 4.74 Å². The fourth-order valence-electron chi connectivity index (χ4n) is 2.31. The van der Waals surface area contributed by atoms with Crippen LogP contribution in [-0.2, 0) is 11.3 Å². The molecular formula is C18H20O3S. The number of carbonyl (C=O) groups is 1. The number of methoxy groups -OCH3 is 2. The lowest BCUT2D eigenvalue weighted by Gasteiger charge is -2.08. The van der Waals surface area contributed by atoms with Crippen LogP contribution in [0.3, 0.4) is 0 Å². The Balaban J connectivity index is 2.21. The topological polar surface area (TPSA) is 35.5 Å². The number of thiophene rings is 1. The summed E-state index contributed by atoms with van der Waals surface area (Å²) in [6.45, 7) is 4.46. The summed E-state index contributed by atoms with van der Waals surface area (Å²) in [5.41, 5.74) is 2.69.